The zero-order chi connectivity index (χ0) is 19.2. The smallest absolute Gasteiger partial charge is 0.119 e. The van der Waals surface area contributed by atoms with Gasteiger partial charge in [-0.05, 0) is 66.3 Å². The first-order valence-corrected chi connectivity index (χ1v) is 10.9. The lowest BCUT2D eigenvalue weighted by Gasteiger charge is -2.21. The van der Waals surface area contributed by atoms with Gasteiger partial charge in [0.1, 0.15) is 12.4 Å². The molecule has 3 heteroatoms. The largest absolute Gasteiger partial charge is 0.492 e. The Morgan fingerprint density at radius 1 is 1.00 bits per heavy atom. The summed E-state index contributed by atoms with van der Waals surface area (Å²) in [5.41, 5.74) is 6.35. The molecule has 3 nitrogen and oxygen atoms in total. The van der Waals surface area contributed by atoms with E-state index in [-0.39, 0.29) is 0 Å². The second-order valence-electron chi connectivity index (χ2n) is 8.17. The molecule has 4 rings (SSSR count). The van der Waals surface area contributed by atoms with Gasteiger partial charge >= 0.3 is 0 Å². The first-order chi connectivity index (χ1) is 13.8. The Balaban J connectivity index is 1.22. The van der Waals surface area contributed by atoms with Crippen molar-refractivity contribution >= 4 is 11.9 Å². The predicted octanol–water partition coefficient (Wildman–Crippen LogP) is 5.86. The van der Waals surface area contributed by atoms with Crippen molar-refractivity contribution < 1.29 is 4.74 Å². The monoisotopic (exact) mass is 376 g/mol. The SMILES string of the molecule is Cc1c(-c2ccc(OCCNCCC3CCCCC3)cc2)ccc2c1CC=N2. The molecule has 1 aliphatic heterocycles. The van der Waals surface area contributed by atoms with E-state index in [4.69, 9.17) is 4.74 Å². The zero-order valence-electron chi connectivity index (χ0n) is 17.0. The minimum atomic E-state index is 0.721. The molecule has 1 heterocycles. The van der Waals surface area contributed by atoms with Crippen LogP contribution in [-0.4, -0.2) is 25.9 Å². The van der Waals surface area contributed by atoms with Gasteiger partial charge in [0, 0.05) is 19.2 Å². The van der Waals surface area contributed by atoms with Crippen molar-refractivity contribution in [1.29, 1.82) is 0 Å². The average Bonchev–Trinajstić information content (AvgIpc) is 3.22. The summed E-state index contributed by atoms with van der Waals surface area (Å²) in [6, 6.07) is 12.8. The summed E-state index contributed by atoms with van der Waals surface area (Å²) in [5.74, 6) is 1.89. The highest BCUT2D eigenvalue weighted by Crippen LogP contribution is 2.34. The Morgan fingerprint density at radius 3 is 2.64 bits per heavy atom. The third-order valence-electron chi connectivity index (χ3n) is 6.27. The minimum absolute atomic E-state index is 0.721. The van der Waals surface area contributed by atoms with E-state index < -0.39 is 0 Å². The summed E-state index contributed by atoms with van der Waals surface area (Å²) in [4.78, 5) is 4.44. The summed E-state index contributed by atoms with van der Waals surface area (Å²) in [5, 5.41) is 3.53. The van der Waals surface area contributed by atoms with Crippen molar-refractivity contribution in [2.24, 2.45) is 10.9 Å². The van der Waals surface area contributed by atoms with Gasteiger partial charge in [0.15, 0.2) is 0 Å². The van der Waals surface area contributed by atoms with Crippen LogP contribution in [0.25, 0.3) is 11.1 Å². The lowest BCUT2D eigenvalue weighted by molar-refractivity contribution is 0.301. The molecule has 1 aliphatic carbocycles. The molecule has 1 saturated carbocycles. The number of ether oxygens (including phenoxy) is 1. The maximum atomic E-state index is 5.91. The van der Waals surface area contributed by atoms with Crippen LogP contribution in [0.15, 0.2) is 41.4 Å². The van der Waals surface area contributed by atoms with Crippen LogP contribution in [0.4, 0.5) is 5.69 Å². The Morgan fingerprint density at radius 2 is 1.82 bits per heavy atom. The third kappa shape index (κ3) is 4.64. The van der Waals surface area contributed by atoms with Crippen molar-refractivity contribution in [3.8, 4) is 16.9 Å². The van der Waals surface area contributed by atoms with Crippen molar-refractivity contribution in [3.05, 3.63) is 47.5 Å². The molecule has 0 saturated heterocycles. The maximum Gasteiger partial charge on any atom is 0.119 e. The van der Waals surface area contributed by atoms with Gasteiger partial charge in [0.05, 0.1) is 5.69 Å². The second kappa shape index (κ2) is 9.38. The van der Waals surface area contributed by atoms with Gasteiger partial charge in [-0.2, -0.15) is 0 Å². The molecule has 0 spiro atoms. The minimum Gasteiger partial charge on any atom is -0.492 e. The number of aliphatic imine (C=N–C) groups is 1. The van der Waals surface area contributed by atoms with Gasteiger partial charge in [-0.15, -0.1) is 0 Å². The fourth-order valence-corrected chi connectivity index (χ4v) is 4.55. The van der Waals surface area contributed by atoms with Gasteiger partial charge in [-0.3, -0.25) is 4.99 Å². The molecule has 0 atom stereocenters. The molecule has 1 N–H and O–H groups in total. The second-order valence-corrected chi connectivity index (χ2v) is 8.17. The molecular formula is C25H32N2O. The Kier molecular flexibility index (Phi) is 6.43. The Bertz CT molecular complexity index is 804. The predicted molar refractivity (Wildman–Crippen MR) is 118 cm³/mol. The number of rotatable bonds is 8. The topological polar surface area (TPSA) is 33.6 Å². The zero-order valence-corrected chi connectivity index (χ0v) is 17.0. The van der Waals surface area contributed by atoms with Crippen LogP contribution >= 0.6 is 0 Å². The lowest BCUT2D eigenvalue weighted by Crippen LogP contribution is -2.24. The molecule has 0 aromatic heterocycles. The van der Waals surface area contributed by atoms with Crippen LogP contribution in [0, 0.1) is 12.8 Å². The summed E-state index contributed by atoms with van der Waals surface area (Å²) >= 11 is 0. The molecule has 2 aromatic carbocycles. The standard InChI is InChI=1S/C25H32N2O/c1-19-23(11-12-25-24(19)14-16-27-25)21-7-9-22(10-8-21)28-18-17-26-15-13-20-5-3-2-4-6-20/h7-12,16,20,26H,2-6,13-15,17-18H2,1H3. The number of nitrogens with zero attached hydrogens (tertiary/aromatic N) is 1. The van der Waals surface area contributed by atoms with Gasteiger partial charge < -0.3 is 10.1 Å². The van der Waals surface area contributed by atoms with Crippen LogP contribution in [0.3, 0.4) is 0 Å². The first kappa shape index (κ1) is 19.2. The fraction of sp³-hybridized carbons (Fsp3) is 0.480. The van der Waals surface area contributed by atoms with Gasteiger partial charge in [0.2, 0.25) is 0 Å². The number of nitrogens with one attached hydrogen (secondary N) is 1. The fourth-order valence-electron chi connectivity index (χ4n) is 4.55. The molecule has 0 radical (unpaired) electrons. The molecule has 0 amide bonds. The summed E-state index contributed by atoms with van der Waals surface area (Å²) < 4.78 is 5.91. The number of fused-ring (bicyclic) bond motifs is 1. The van der Waals surface area contributed by atoms with E-state index in [0.29, 0.717) is 0 Å². The van der Waals surface area contributed by atoms with Gasteiger partial charge in [-0.25, -0.2) is 0 Å². The average molecular weight is 377 g/mol. The molecule has 28 heavy (non-hydrogen) atoms. The van der Waals surface area contributed by atoms with Crippen LogP contribution in [0.2, 0.25) is 0 Å². The van der Waals surface area contributed by atoms with Gasteiger partial charge in [-0.1, -0.05) is 50.3 Å². The molecule has 1 fully saturated rings. The van der Waals surface area contributed by atoms with Crippen LogP contribution in [0.1, 0.15) is 49.7 Å². The van der Waals surface area contributed by atoms with E-state index in [9.17, 15) is 0 Å². The quantitative estimate of drug-likeness (QED) is 0.586. The summed E-state index contributed by atoms with van der Waals surface area (Å²) in [6.07, 6.45) is 11.4. The highest BCUT2D eigenvalue weighted by molar-refractivity contribution is 5.81. The van der Waals surface area contributed by atoms with Crippen LogP contribution in [0.5, 0.6) is 5.75 Å². The number of hydrogen-bond donors (Lipinski definition) is 1. The van der Waals surface area contributed by atoms with E-state index >= 15 is 0 Å². The number of hydrogen-bond acceptors (Lipinski definition) is 3. The Hall–Kier alpha value is -2.13. The molecule has 2 aliphatic rings. The third-order valence-corrected chi connectivity index (χ3v) is 6.27. The van der Waals surface area contributed by atoms with E-state index in [1.54, 1.807) is 0 Å². The van der Waals surface area contributed by atoms with E-state index in [1.165, 1.54) is 60.8 Å². The molecule has 0 unspecified atom stereocenters. The summed E-state index contributed by atoms with van der Waals surface area (Å²) in [6.45, 7) is 4.96. The lowest BCUT2D eigenvalue weighted by atomic mass is 9.87. The van der Waals surface area contributed by atoms with Crippen LogP contribution < -0.4 is 10.1 Å². The van der Waals surface area contributed by atoms with Gasteiger partial charge in [0.25, 0.3) is 0 Å². The molecular weight excluding hydrogens is 344 g/mol. The van der Waals surface area contributed by atoms with Crippen molar-refractivity contribution in [1.82, 2.24) is 5.32 Å². The molecule has 148 valence electrons. The Labute approximate surface area is 169 Å². The van der Waals surface area contributed by atoms with Crippen LogP contribution in [-0.2, 0) is 6.42 Å². The normalized spacial score (nSPS) is 16.3. The first-order valence-electron chi connectivity index (χ1n) is 10.9. The van der Waals surface area contributed by atoms with Crippen molar-refractivity contribution in [2.75, 3.05) is 19.7 Å². The van der Waals surface area contributed by atoms with Crippen molar-refractivity contribution in [3.63, 3.8) is 0 Å². The number of benzene rings is 2. The molecule has 2 aromatic rings. The highest BCUT2D eigenvalue weighted by atomic mass is 16.5. The maximum absolute atomic E-state index is 5.91. The summed E-state index contributed by atoms with van der Waals surface area (Å²) in [7, 11) is 0. The highest BCUT2D eigenvalue weighted by Gasteiger charge is 2.14. The van der Waals surface area contributed by atoms with Crippen molar-refractivity contribution in [2.45, 2.75) is 51.9 Å². The van der Waals surface area contributed by atoms with E-state index in [1.807, 2.05) is 6.21 Å². The van der Waals surface area contributed by atoms with E-state index in [0.717, 1.165) is 43.5 Å². The van der Waals surface area contributed by atoms with E-state index in [2.05, 4.69) is 53.6 Å². The molecule has 0 bridgehead atoms.